The third kappa shape index (κ3) is 3.67. The average Bonchev–Trinajstić information content (AvgIpc) is 2.15. The maximum Gasteiger partial charge on any atom is 0.245 e. The summed E-state index contributed by atoms with van der Waals surface area (Å²) in [5, 5.41) is 0. The summed E-state index contributed by atoms with van der Waals surface area (Å²) in [6.07, 6.45) is 0.688. The number of halogens is 1. The molecular weight excluding hydrogens is 243 g/mol. The van der Waals surface area contributed by atoms with Gasteiger partial charge in [-0.05, 0) is 24.5 Å². The van der Waals surface area contributed by atoms with Gasteiger partial charge in [0.15, 0.2) is 0 Å². The van der Waals surface area contributed by atoms with Gasteiger partial charge >= 0.3 is 0 Å². The number of nitrogen functional groups attached to an aromatic ring is 1. The van der Waals surface area contributed by atoms with Crippen LogP contribution in [0.15, 0.2) is 23.1 Å². The molecule has 0 aliphatic rings. The Morgan fingerprint density at radius 1 is 1.41 bits per heavy atom. The normalized spacial score (nSPS) is 12.0. The maximum absolute atomic E-state index is 13.4. The minimum absolute atomic E-state index is 0.0814. The zero-order valence-electron chi connectivity index (χ0n) is 9.90. The Morgan fingerprint density at radius 3 is 2.59 bits per heavy atom. The molecule has 0 aromatic heterocycles. The van der Waals surface area contributed by atoms with Crippen molar-refractivity contribution in [1.82, 2.24) is 4.72 Å². The molecule has 0 fully saturated rings. The largest absolute Gasteiger partial charge is 0.398 e. The lowest BCUT2D eigenvalue weighted by Gasteiger charge is -2.10. The van der Waals surface area contributed by atoms with Crippen molar-refractivity contribution in [2.24, 2.45) is 5.92 Å². The minimum atomic E-state index is -3.87. The number of sulfonamides is 1. The van der Waals surface area contributed by atoms with E-state index in [2.05, 4.69) is 4.72 Å². The van der Waals surface area contributed by atoms with Crippen LogP contribution in [0.4, 0.5) is 10.1 Å². The number of hydrogen-bond acceptors (Lipinski definition) is 3. The molecule has 0 unspecified atom stereocenters. The van der Waals surface area contributed by atoms with Crippen LogP contribution in [-0.2, 0) is 10.0 Å². The van der Waals surface area contributed by atoms with Gasteiger partial charge in [-0.15, -0.1) is 0 Å². The first-order valence-corrected chi connectivity index (χ1v) is 6.86. The van der Waals surface area contributed by atoms with Gasteiger partial charge in [0, 0.05) is 6.54 Å². The summed E-state index contributed by atoms with van der Waals surface area (Å²) in [4.78, 5) is -0.469. The summed E-state index contributed by atoms with van der Waals surface area (Å²) in [5.74, 6) is -0.460. The predicted octanol–water partition coefficient (Wildman–Crippen LogP) is 1.73. The molecular formula is C11H17FN2O2S. The second-order valence-electron chi connectivity index (χ2n) is 4.24. The van der Waals surface area contributed by atoms with Gasteiger partial charge in [0.05, 0.1) is 5.69 Å². The molecule has 17 heavy (non-hydrogen) atoms. The number of nitrogens with one attached hydrogen (secondary N) is 1. The van der Waals surface area contributed by atoms with E-state index in [4.69, 9.17) is 5.73 Å². The summed E-state index contributed by atoms with van der Waals surface area (Å²) < 4.78 is 39.4. The van der Waals surface area contributed by atoms with E-state index in [9.17, 15) is 12.8 Å². The van der Waals surface area contributed by atoms with Crippen LogP contribution in [-0.4, -0.2) is 15.0 Å². The van der Waals surface area contributed by atoms with E-state index >= 15 is 0 Å². The first kappa shape index (κ1) is 13.9. The number of nitrogens with two attached hydrogens (primary N) is 1. The molecule has 6 heteroatoms. The van der Waals surface area contributed by atoms with Crippen LogP contribution in [0.5, 0.6) is 0 Å². The summed E-state index contributed by atoms with van der Waals surface area (Å²) in [6, 6.07) is 3.81. The Hall–Kier alpha value is -1.14. The number of benzene rings is 1. The van der Waals surface area contributed by atoms with Gasteiger partial charge in [0.2, 0.25) is 10.0 Å². The van der Waals surface area contributed by atoms with Crippen LogP contribution in [0.2, 0.25) is 0 Å². The molecule has 0 saturated heterocycles. The van der Waals surface area contributed by atoms with Crippen molar-refractivity contribution in [3.63, 3.8) is 0 Å². The highest BCUT2D eigenvalue weighted by molar-refractivity contribution is 7.89. The molecule has 0 amide bonds. The monoisotopic (exact) mass is 260 g/mol. The second kappa shape index (κ2) is 5.46. The third-order valence-electron chi connectivity index (χ3n) is 2.28. The van der Waals surface area contributed by atoms with Crippen LogP contribution in [0, 0.1) is 11.7 Å². The van der Waals surface area contributed by atoms with E-state index in [0.717, 1.165) is 6.07 Å². The molecule has 1 aromatic rings. The highest BCUT2D eigenvalue weighted by Gasteiger charge is 2.21. The Kier molecular flexibility index (Phi) is 4.47. The molecule has 0 saturated carbocycles. The molecule has 96 valence electrons. The standard InChI is InChI=1S/C11H17FN2O2S/c1-8(2)6-7-14-17(15,16)11-9(12)4-3-5-10(11)13/h3-5,8,14H,6-7,13H2,1-2H3. The molecule has 1 rings (SSSR count). The lowest BCUT2D eigenvalue weighted by molar-refractivity contribution is 0.541. The van der Waals surface area contributed by atoms with Crippen LogP contribution >= 0.6 is 0 Å². The van der Waals surface area contributed by atoms with E-state index in [1.807, 2.05) is 13.8 Å². The lowest BCUT2D eigenvalue weighted by Crippen LogP contribution is -2.27. The van der Waals surface area contributed by atoms with E-state index in [1.165, 1.54) is 12.1 Å². The fourth-order valence-electron chi connectivity index (χ4n) is 1.36. The van der Waals surface area contributed by atoms with Gasteiger partial charge in [0.25, 0.3) is 0 Å². The topological polar surface area (TPSA) is 72.2 Å². The molecule has 0 bridgehead atoms. The van der Waals surface area contributed by atoms with Gasteiger partial charge in [-0.25, -0.2) is 17.5 Å². The van der Waals surface area contributed by atoms with Crippen molar-refractivity contribution >= 4 is 15.7 Å². The Bertz CT molecular complexity index is 466. The zero-order valence-corrected chi connectivity index (χ0v) is 10.7. The summed E-state index contributed by atoms with van der Waals surface area (Å²) in [7, 11) is -3.87. The molecule has 3 N–H and O–H groups in total. The van der Waals surface area contributed by atoms with Gasteiger partial charge in [-0.3, -0.25) is 0 Å². The van der Waals surface area contributed by atoms with Crippen molar-refractivity contribution in [3.05, 3.63) is 24.0 Å². The summed E-state index contributed by atoms with van der Waals surface area (Å²) in [5.41, 5.74) is 5.40. The number of rotatable bonds is 5. The van der Waals surface area contributed by atoms with Crippen molar-refractivity contribution in [2.75, 3.05) is 12.3 Å². The molecule has 0 aliphatic heterocycles. The lowest BCUT2D eigenvalue weighted by atomic mass is 10.1. The van der Waals surface area contributed by atoms with Gasteiger partial charge < -0.3 is 5.73 Å². The molecule has 0 radical (unpaired) electrons. The maximum atomic E-state index is 13.4. The quantitative estimate of drug-likeness (QED) is 0.792. The fourth-order valence-corrected chi connectivity index (χ4v) is 2.60. The first-order chi connectivity index (χ1) is 7.84. The summed E-state index contributed by atoms with van der Waals surface area (Å²) in [6.45, 7) is 4.23. The SMILES string of the molecule is CC(C)CCNS(=O)(=O)c1c(N)cccc1F. The number of anilines is 1. The van der Waals surface area contributed by atoms with Crippen molar-refractivity contribution < 1.29 is 12.8 Å². The van der Waals surface area contributed by atoms with E-state index in [0.29, 0.717) is 12.3 Å². The highest BCUT2D eigenvalue weighted by atomic mass is 32.2. The zero-order chi connectivity index (χ0) is 13.1. The molecule has 0 atom stereocenters. The first-order valence-electron chi connectivity index (χ1n) is 5.38. The Balaban J connectivity index is 2.90. The van der Waals surface area contributed by atoms with Crippen LogP contribution in [0.3, 0.4) is 0 Å². The van der Waals surface area contributed by atoms with E-state index < -0.39 is 20.7 Å². The molecule has 0 aliphatic carbocycles. The molecule has 4 nitrogen and oxygen atoms in total. The third-order valence-corrected chi connectivity index (χ3v) is 3.83. The highest BCUT2D eigenvalue weighted by Crippen LogP contribution is 2.21. The van der Waals surface area contributed by atoms with Gasteiger partial charge in [-0.2, -0.15) is 0 Å². The molecule has 0 spiro atoms. The molecule has 1 aromatic carbocycles. The van der Waals surface area contributed by atoms with Crippen molar-refractivity contribution in [1.29, 1.82) is 0 Å². The predicted molar refractivity (Wildman–Crippen MR) is 65.5 cm³/mol. The van der Waals surface area contributed by atoms with Gasteiger partial charge in [-0.1, -0.05) is 19.9 Å². The van der Waals surface area contributed by atoms with Crippen LogP contribution in [0.25, 0.3) is 0 Å². The smallest absolute Gasteiger partial charge is 0.245 e. The fraction of sp³-hybridized carbons (Fsp3) is 0.455. The number of hydrogen-bond donors (Lipinski definition) is 2. The minimum Gasteiger partial charge on any atom is -0.398 e. The Labute approximate surface area is 101 Å². The van der Waals surface area contributed by atoms with Crippen molar-refractivity contribution in [2.45, 2.75) is 25.2 Å². The van der Waals surface area contributed by atoms with Crippen LogP contribution < -0.4 is 10.5 Å². The van der Waals surface area contributed by atoms with E-state index in [-0.39, 0.29) is 12.2 Å². The van der Waals surface area contributed by atoms with Crippen molar-refractivity contribution in [3.8, 4) is 0 Å². The average molecular weight is 260 g/mol. The van der Waals surface area contributed by atoms with Gasteiger partial charge in [0.1, 0.15) is 10.7 Å². The second-order valence-corrected chi connectivity index (χ2v) is 5.94. The van der Waals surface area contributed by atoms with E-state index in [1.54, 1.807) is 0 Å². The molecule has 0 heterocycles. The van der Waals surface area contributed by atoms with Crippen LogP contribution in [0.1, 0.15) is 20.3 Å². The Morgan fingerprint density at radius 2 is 2.06 bits per heavy atom. The summed E-state index contributed by atoms with van der Waals surface area (Å²) >= 11 is 0.